The minimum absolute atomic E-state index is 0.0344. The molecule has 5 aliphatic heterocycles. The lowest BCUT2D eigenvalue weighted by Gasteiger charge is -2.29. The number of carbonyl (C=O) groups excluding carboxylic acids is 9. The van der Waals surface area contributed by atoms with Gasteiger partial charge in [0.1, 0.15) is 53.4 Å². The van der Waals surface area contributed by atoms with Gasteiger partial charge in [0, 0.05) is 46.7 Å². The Morgan fingerprint density at radius 3 is 1.07 bits per heavy atom. The van der Waals surface area contributed by atoms with Crippen LogP contribution in [0, 0.1) is 74.9 Å². The fourth-order valence-electron chi connectivity index (χ4n) is 19.3. The fourth-order valence-corrected chi connectivity index (χ4v) is 19.3. The number of hydrogen-bond donors (Lipinski definition) is 2. The van der Waals surface area contributed by atoms with Gasteiger partial charge in [0.15, 0.2) is 34.5 Å². The van der Waals surface area contributed by atoms with Gasteiger partial charge in [0.2, 0.25) is 0 Å². The number of rotatable bonds is 25. The Kier molecular flexibility index (Phi) is 37.5. The first-order valence-corrected chi connectivity index (χ1v) is 49.6. The van der Waals surface area contributed by atoms with Crippen LogP contribution in [0.25, 0.3) is 6.08 Å². The summed E-state index contributed by atoms with van der Waals surface area (Å²) in [6, 6.07) is 16.7. The van der Waals surface area contributed by atoms with E-state index in [4.69, 9.17) is 76.2 Å². The van der Waals surface area contributed by atoms with Gasteiger partial charge in [-0.3, -0.25) is 33.6 Å². The summed E-state index contributed by atoms with van der Waals surface area (Å²) in [4.78, 5) is 105. The average molecular weight is 1870 g/mol. The molecule has 6 bridgehead atoms. The third-order valence-electron chi connectivity index (χ3n) is 30.4. The molecule has 19 atom stereocenters. The molecule has 26 nitrogen and oxygen atoms in total. The highest BCUT2D eigenvalue weighted by atomic mass is 16.9. The molecule has 26 heteroatoms. The van der Waals surface area contributed by atoms with Crippen LogP contribution in [0.2, 0.25) is 0 Å². The third-order valence-corrected chi connectivity index (χ3v) is 30.4. The molecule has 0 amide bonds. The van der Waals surface area contributed by atoms with Gasteiger partial charge in [-0.05, 0) is 323 Å². The molecule has 9 aliphatic carbocycles. The molecular weight excluding hydrogens is 1710 g/mol. The number of benzene rings is 3. The van der Waals surface area contributed by atoms with Crippen molar-refractivity contribution in [3.63, 3.8) is 0 Å². The lowest BCUT2D eigenvalue weighted by Crippen LogP contribution is -2.39. The summed E-state index contributed by atoms with van der Waals surface area (Å²) in [5.74, 6) is 4.61. The second kappa shape index (κ2) is 46.3. The van der Waals surface area contributed by atoms with E-state index in [-0.39, 0.29) is 153 Å². The van der Waals surface area contributed by atoms with Gasteiger partial charge in [-0.2, -0.15) is 0 Å². The predicted octanol–water partition coefficient (Wildman–Crippen LogP) is 22.2. The van der Waals surface area contributed by atoms with Crippen molar-refractivity contribution < 1.29 is 124 Å². The van der Waals surface area contributed by atoms with Crippen LogP contribution in [0.5, 0.6) is 34.5 Å². The van der Waals surface area contributed by atoms with Gasteiger partial charge >= 0.3 is 66.7 Å². The quantitative estimate of drug-likeness (QED) is 0.0344. The van der Waals surface area contributed by atoms with Crippen molar-refractivity contribution >= 4 is 59.8 Å². The van der Waals surface area contributed by atoms with Gasteiger partial charge in [-0.25, -0.2) is 9.59 Å². The molecule has 2 N–H and O–H groups in total. The first kappa shape index (κ1) is 108. The van der Waals surface area contributed by atoms with E-state index in [0.717, 1.165) is 138 Å². The fraction of sp³-hybridized carbons (Fsp3) is 0.694. The standard InChI is InChI=1S/2C14H20O4.C13H18O3.C12H14O4.2C12H22O2.C11H12O3.C10H16O2.C10H14O2/c2*1-4-14(2,3)13(16)18-10-7-5-8-9(6-7)12(15)17-11(8)10;1-4-9(3)10-6-7-11-12(8-10)16-13(15-11)14-5-2;1-5(2)11(13)15-9-6-3-7-8(4-6)12(14)16-10(7)9;2*1-5-11(2,3)10(13)14-12(4)8-6-7-9-12;1-3-8-5-6-9-10(7-8)14-11(13-9)12-4-2;1-8(2)9(11)12-10(3)6-4-5-7-10;1-3-7(2)8-4-5-9(11)10(12)6-8/h2*7-11H,4-6H2,1-3H3;6-9,13H,4-5H2,1-3H3;6-10H,1,3-4H2,2H3;2*5-9H2,1-4H3;3,5-7,11H,1,4H2,2H3;1,4-7H2,2-3H3;4-7,11-12H,3H2,1-2H3. The van der Waals surface area contributed by atoms with E-state index in [1.807, 2.05) is 140 Å². The smallest absolute Gasteiger partial charge is 0.361 e. The average Bonchev–Trinajstić information content (AvgIpc) is 1.58. The summed E-state index contributed by atoms with van der Waals surface area (Å²) >= 11 is 0. The van der Waals surface area contributed by atoms with E-state index in [2.05, 4.69) is 67.3 Å². The highest BCUT2D eigenvalue weighted by Crippen LogP contribution is 2.59. The maximum atomic E-state index is 12.1. The lowest BCUT2D eigenvalue weighted by molar-refractivity contribution is -0.173. The molecule has 17 rings (SSSR count). The molecular formula is C108H158O26. The second-order valence-corrected chi connectivity index (χ2v) is 42.4. The molecule has 19 unspecified atom stereocenters. The van der Waals surface area contributed by atoms with Gasteiger partial charge in [0.05, 0.1) is 52.6 Å². The number of esters is 9. The summed E-state index contributed by atoms with van der Waals surface area (Å²) in [5, 5.41) is 18.2. The number of phenols is 2. The highest BCUT2D eigenvalue weighted by molar-refractivity contribution is 5.88. The van der Waals surface area contributed by atoms with Crippen LogP contribution < -0.4 is 18.9 Å². The molecule has 12 fully saturated rings. The molecule has 746 valence electrons. The van der Waals surface area contributed by atoms with E-state index >= 15 is 0 Å². The summed E-state index contributed by atoms with van der Waals surface area (Å²) in [6.45, 7) is 56.0. The van der Waals surface area contributed by atoms with Crippen molar-refractivity contribution in [1.82, 2.24) is 0 Å². The minimum atomic E-state index is -0.602. The predicted molar refractivity (Wildman–Crippen MR) is 507 cm³/mol. The Hall–Kier alpha value is -9.17. The molecule has 0 radical (unpaired) electrons. The Labute approximate surface area is 796 Å². The van der Waals surface area contributed by atoms with Crippen LogP contribution in [-0.4, -0.2) is 144 Å². The van der Waals surface area contributed by atoms with E-state index in [1.165, 1.54) is 50.2 Å². The van der Waals surface area contributed by atoms with E-state index in [0.29, 0.717) is 77.3 Å². The number of ether oxygens (including phenoxy) is 15. The first-order chi connectivity index (χ1) is 63.0. The van der Waals surface area contributed by atoms with Crippen molar-refractivity contribution in [3.8, 4) is 34.5 Å². The summed E-state index contributed by atoms with van der Waals surface area (Å²) in [7, 11) is 0. The molecule has 5 heterocycles. The zero-order valence-electron chi connectivity index (χ0n) is 84.4. The van der Waals surface area contributed by atoms with Gasteiger partial charge in [0.25, 0.3) is 0 Å². The monoisotopic (exact) mass is 1870 g/mol. The van der Waals surface area contributed by atoms with E-state index in [1.54, 1.807) is 26.0 Å². The van der Waals surface area contributed by atoms with Crippen LogP contribution in [-0.2, 0) is 95.3 Å². The number of hydrogen-bond acceptors (Lipinski definition) is 26. The van der Waals surface area contributed by atoms with Gasteiger partial charge < -0.3 is 81.3 Å². The van der Waals surface area contributed by atoms with Crippen molar-refractivity contribution in [2.45, 2.75) is 392 Å². The zero-order valence-corrected chi connectivity index (χ0v) is 84.4. The van der Waals surface area contributed by atoms with Gasteiger partial charge in [-0.15, -0.1) is 0 Å². The highest BCUT2D eigenvalue weighted by Gasteiger charge is 2.66. The molecule has 134 heavy (non-hydrogen) atoms. The maximum absolute atomic E-state index is 12.1. The van der Waals surface area contributed by atoms with Crippen LogP contribution >= 0.6 is 0 Å². The van der Waals surface area contributed by atoms with Crippen molar-refractivity contribution in [2.75, 3.05) is 13.2 Å². The Morgan fingerprint density at radius 2 is 0.739 bits per heavy atom. The van der Waals surface area contributed by atoms with Crippen LogP contribution in [0.15, 0.2) is 85.5 Å². The molecule has 9 saturated carbocycles. The Morgan fingerprint density at radius 1 is 0.418 bits per heavy atom. The number of phenolic OH excluding ortho intramolecular Hbond substituents is 2. The Bertz CT molecular complexity index is 4450. The molecule has 0 spiro atoms. The molecule has 3 aromatic rings. The normalized spacial score (nSPS) is 27.8. The molecule has 14 aliphatic rings. The molecule has 0 aromatic heterocycles. The summed E-state index contributed by atoms with van der Waals surface area (Å²) in [5.41, 5.74) is 2.10. The van der Waals surface area contributed by atoms with E-state index < -0.39 is 23.8 Å². The lowest BCUT2D eigenvalue weighted by atomic mass is 9.87. The van der Waals surface area contributed by atoms with Gasteiger partial charge in [-0.1, -0.05) is 99.4 Å². The second-order valence-electron chi connectivity index (χ2n) is 42.4. The molecule has 3 aromatic carbocycles. The topological polar surface area (TPSA) is 333 Å². The zero-order chi connectivity index (χ0) is 99.1. The van der Waals surface area contributed by atoms with Crippen molar-refractivity contribution in [2.24, 2.45) is 74.9 Å². The van der Waals surface area contributed by atoms with Crippen LogP contribution in [0.1, 0.15) is 342 Å². The number of carbonyl (C=O) groups is 9. The maximum Gasteiger partial charge on any atom is 0.361 e. The van der Waals surface area contributed by atoms with Crippen molar-refractivity contribution in [1.29, 1.82) is 0 Å². The minimum Gasteiger partial charge on any atom is -0.504 e. The Balaban J connectivity index is 0.000000170. The first-order valence-electron chi connectivity index (χ1n) is 49.6. The van der Waals surface area contributed by atoms with Crippen molar-refractivity contribution in [3.05, 3.63) is 102 Å². The summed E-state index contributed by atoms with van der Waals surface area (Å²) < 4.78 is 81.5. The molecule has 3 saturated heterocycles. The summed E-state index contributed by atoms with van der Waals surface area (Å²) in [6.07, 6.45) is 24.5. The largest absolute Gasteiger partial charge is 0.504 e. The van der Waals surface area contributed by atoms with E-state index in [9.17, 15) is 48.3 Å². The van der Waals surface area contributed by atoms with Crippen LogP contribution in [0.3, 0.4) is 0 Å². The SMILES string of the molecule is C=C(C)C(=O)OC1(C)CCCC1.C=C(C)C(=O)OC1C2CC3C(=O)OC1C3C2.C=Cc1ccc2c(c1)OC(OCC)O2.CCC(C)(C)C(=O)OC1(C)CCCC1.CCC(C)(C)C(=O)OC1(C)CCCC1.CCC(C)(C)C(=O)OC1C2CC3C(=O)OC1C3C2.CCC(C)(C)C(=O)OC1C2CC3C(=O)OC1C3C2.CCC(C)c1ccc(O)c(O)c1.CCOC1Oc2ccc(C(C)CC)cc2O1. The number of fused-ring (bicyclic) bond motifs is 5. The van der Waals surface area contributed by atoms with Crippen LogP contribution in [0.4, 0.5) is 0 Å². The third kappa shape index (κ3) is 27.0. The number of aromatic hydroxyl groups is 2.